The molecule has 92 valence electrons. The summed E-state index contributed by atoms with van der Waals surface area (Å²) in [5, 5.41) is 26.6. The molecule has 0 aromatic carbocycles. The second kappa shape index (κ2) is 5.65. The highest BCUT2D eigenvalue weighted by Gasteiger charge is 2.22. The Hall–Kier alpha value is -1.60. The highest BCUT2D eigenvalue weighted by atomic mass is 35.5. The molecule has 0 aliphatic heterocycles. The van der Waals surface area contributed by atoms with Gasteiger partial charge in [-0.15, -0.1) is 10.2 Å². The number of nitrogens with one attached hydrogen (secondary N) is 1. The van der Waals surface area contributed by atoms with Crippen LogP contribution in [-0.4, -0.2) is 38.4 Å². The summed E-state index contributed by atoms with van der Waals surface area (Å²) in [6.45, 7) is 0. The largest absolute Gasteiger partial charge is 0.481 e. The SMILES string of the molecule is O=C(O)CC(Nc1cc(Cl)nnc1Cl)C(=O)O. The molecule has 1 aromatic rings. The van der Waals surface area contributed by atoms with Gasteiger partial charge in [0.1, 0.15) is 6.04 Å². The van der Waals surface area contributed by atoms with Gasteiger partial charge in [-0.05, 0) is 0 Å². The number of rotatable bonds is 5. The molecule has 0 fully saturated rings. The molecule has 0 aliphatic carbocycles. The quantitative estimate of drug-likeness (QED) is 0.740. The van der Waals surface area contributed by atoms with Crippen molar-refractivity contribution in [3.8, 4) is 0 Å². The molecule has 0 saturated heterocycles. The first-order valence-corrected chi connectivity index (χ1v) is 5.05. The smallest absolute Gasteiger partial charge is 0.326 e. The van der Waals surface area contributed by atoms with Crippen LogP contribution in [0.1, 0.15) is 6.42 Å². The molecule has 0 amide bonds. The molecule has 7 nitrogen and oxygen atoms in total. The van der Waals surface area contributed by atoms with E-state index in [1.165, 1.54) is 6.07 Å². The average molecular weight is 280 g/mol. The molecule has 1 heterocycles. The van der Waals surface area contributed by atoms with Crippen LogP contribution in [0.2, 0.25) is 10.3 Å². The summed E-state index contributed by atoms with van der Waals surface area (Å²) in [4.78, 5) is 21.3. The van der Waals surface area contributed by atoms with Crippen LogP contribution in [0.5, 0.6) is 0 Å². The average Bonchev–Trinajstić information content (AvgIpc) is 2.21. The van der Waals surface area contributed by atoms with E-state index < -0.39 is 24.4 Å². The maximum Gasteiger partial charge on any atom is 0.326 e. The van der Waals surface area contributed by atoms with Crippen LogP contribution < -0.4 is 5.32 Å². The fraction of sp³-hybridized carbons (Fsp3) is 0.250. The van der Waals surface area contributed by atoms with Crippen molar-refractivity contribution >= 4 is 40.8 Å². The summed E-state index contributed by atoms with van der Waals surface area (Å²) >= 11 is 11.2. The van der Waals surface area contributed by atoms with Crippen molar-refractivity contribution in [1.82, 2.24) is 10.2 Å². The summed E-state index contributed by atoms with van der Waals surface area (Å²) in [6.07, 6.45) is -0.606. The van der Waals surface area contributed by atoms with Crippen LogP contribution in [0.25, 0.3) is 0 Å². The van der Waals surface area contributed by atoms with Gasteiger partial charge in [0.15, 0.2) is 10.3 Å². The standard InChI is InChI=1S/C8H7Cl2N3O4/c9-5-1-3(7(10)13-12-5)11-4(8(16)17)2-6(14)15/h1,4H,2H2,(H,11,12)(H,14,15)(H,16,17). The van der Waals surface area contributed by atoms with Crippen LogP contribution in [0, 0.1) is 0 Å². The van der Waals surface area contributed by atoms with Gasteiger partial charge in [0.2, 0.25) is 0 Å². The second-order valence-corrected chi connectivity index (χ2v) is 3.75. The van der Waals surface area contributed by atoms with Gasteiger partial charge in [0.05, 0.1) is 12.1 Å². The third-order valence-electron chi connectivity index (χ3n) is 1.73. The number of nitrogens with zero attached hydrogens (tertiary/aromatic N) is 2. The topological polar surface area (TPSA) is 112 Å². The van der Waals surface area contributed by atoms with Gasteiger partial charge in [-0.1, -0.05) is 23.2 Å². The predicted octanol–water partition coefficient (Wildman–Crippen LogP) is 1.12. The number of carboxylic acid groups (broad SMARTS) is 2. The normalized spacial score (nSPS) is 11.9. The van der Waals surface area contributed by atoms with E-state index in [-0.39, 0.29) is 16.0 Å². The summed E-state index contributed by atoms with van der Waals surface area (Å²) < 4.78 is 0. The first kappa shape index (κ1) is 13.5. The van der Waals surface area contributed by atoms with Crippen molar-refractivity contribution in [2.45, 2.75) is 12.5 Å². The first-order valence-electron chi connectivity index (χ1n) is 4.30. The minimum atomic E-state index is -1.33. The van der Waals surface area contributed by atoms with Gasteiger partial charge in [-0.3, -0.25) is 4.79 Å². The molecular formula is C8H7Cl2N3O4. The lowest BCUT2D eigenvalue weighted by Gasteiger charge is -2.14. The zero-order valence-corrected chi connectivity index (χ0v) is 9.73. The fourth-order valence-corrected chi connectivity index (χ4v) is 1.31. The van der Waals surface area contributed by atoms with Crippen molar-refractivity contribution in [2.24, 2.45) is 0 Å². The lowest BCUT2D eigenvalue weighted by Crippen LogP contribution is -2.32. The molecule has 1 rings (SSSR count). The van der Waals surface area contributed by atoms with Crippen LogP contribution in [-0.2, 0) is 9.59 Å². The van der Waals surface area contributed by atoms with Crippen molar-refractivity contribution in [3.05, 3.63) is 16.4 Å². The molecular weight excluding hydrogens is 273 g/mol. The number of aliphatic carboxylic acids is 2. The van der Waals surface area contributed by atoms with E-state index in [2.05, 4.69) is 15.5 Å². The Balaban J connectivity index is 2.89. The monoisotopic (exact) mass is 279 g/mol. The highest BCUT2D eigenvalue weighted by Crippen LogP contribution is 2.22. The summed E-state index contributed by atoms with van der Waals surface area (Å²) in [7, 11) is 0. The third kappa shape index (κ3) is 4.04. The molecule has 1 aromatic heterocycles. The van der Waals surface area contributed by atoms with Gasteiger partial charge >= 0.3 is 11.9 Å². The van der Waals surface area contributed by atoms with Crippen molar-refractivity contribution in [1.29, 1.82) is 0 Å². The molecule has 1 atom stereocenters. The number of anilines is 1. The zero-order chi connectivity index (χ0) is 13.0. The Labute approximate surface area is 105 Å². The second-order valence-electron chi connectivity index (χ2n) is 3.00. The predicted molar refractivity (Wildman–Crippen MR) is 59.4 cm³/mol. The summed E-state index contributed by atoms with van der Waals surface area (Å²) in [5.41, 5.74) is 0.111. The number of hydrogen-bond donors (Lipinski definition) is 3. The van der Waals surface area contributed by atoms with E-state index in [1.807, 2.05) is 0 Å². The Kier molecular flexibility index (Phi) is 4.47. The van der Waals surface area contributed by atoms with Gasteiger partial charge in [-0.2, -0.15) is 0 Å². The minimum Gasteiger partial charge on any atom is -0.481 e. The Bertz CT molecular complexity index is 454. The maximum atomic E-state index is 10.8. The molecule has 17 heavy (non-hydrogen) atoms. The number of carbonyl (C=O) groups is 2. The van der Waals surface area contributed by atoms with Crippen LogP contribution in [0.3, 0.4) is 0 Å². The third-order valence-corrected chi connectivity index (χ3v) is 2.19. The Morgan fingerprint density at radius 1 is 1.35 bits per heavy atom. The van der Waals surface area contributed by atoms with Crippen molar-refractivity contribution in [3.63, 3.8) is 0 Å². The molecule has 0 spiro atoms. The van der Waals surface area contributed by atoms with E-state index in [0.717, 1.165) is 0 Å². The van der Waals surface area contributed by atoms with E-state index in [9.17, 15) is 9.59 Å². The molecule has 1 unspecified atom stereocenters. The van der Waals surface area contributed by atoms with Crippen molar-refractivity contribution in [2.75, 3.05) is 5.32 Å². The number of halogens is 2. The lowest BCUT2D eigenvalue weighted by molar-refractivity contribution is -0.144. The molecule has 9 heteroatoms. The molecule has 3 N–H and O–H groups in total. The molecule has 0 saturated carbocycles. The number of hydrogen-bond acceptors (Lipinski definition) is 5. The van der Waals surface area contributed by atoms with Crippen molar-refractivity contribution < 1.29 is 19.8 Å². The van der Waals surface area contributed by atoms with E-state index in [1.54, 1.807) is 0 Å². The Morgan fingerprint density at radius 2 is 2.00 bits per heavy atom. The molecule has 0 aliphatic rings. The molecule has 0 bridgehead atoms. The summed E-state index contributed by atoms with van der Waals surface area (Å²) in [6, 6.07) is -0.0698. The molecule has 0 radical (unpaired) electrons. The Morgan fingerprint density at radius 3 is 2.53 bits per heavy atom. The number of aromatic nitrogens is 2. The van der Waals surface area contributed by atoms with E-state index in [4.69, 9.17) is 33.4 Å². The van der Waals surface area contributed by atoms with Gasteiger partial charge in [0.25, 0.3) is 0 Å². The zero-order valence-electron chi connectivity index (χ0n) is 8.22. The lowest BCUT2D eigenvalue weighted by atomic mass is 10.2. The summed E-state index contributed by atoms with van der Waals surface area (Å²) in [5.74, 6) is -2.58. The minimum absolute atomic E-state index is 0.0105. The van der Waals surface area contributed by atoms with Gasteiger partial charge < -0.3 is 15.5 Å². The maximum absolute atomic E-state index is 10.8. The van der Waals surface area contributed by atoms with Gasteiger partial charge in [0, 0.05) is 6.07 Å². The van der Waals surface area contributed by atoms with Gasteiger partial charge in [-0.25, -0.2) is 4.79 Å². The first-order chi connectivity index (χ1) is 7.90. The highest BCUT2D eigenvalue weighted by molar-refractivity contribution is 6.33. The van der Waals surface area contributed by atoms with E-state index in [0.29, 0.717) is 0 Å². The van der Waals surface area contributed by atoms with Crippen LogP contribution in [0.15, 0.2) is 6.07 Å². The fourth-order valence-electron chi connectivity index (χ4n) is 1.02. The van der Waals surface area contributed by atoms with Crippen LogP contribution in [0.4, 0.5) is 5.69 Å². The number of carboxylic acids is 2. The van der Waals surface area contributed by atoms with Crippen LogP contribution >= 0.6 is 23.2 Å². The van der Waals surface area contributed by atoms with E-state index >= 15 is 0 Å².